The van der Waals surface area contributed by atoms with Gasteiger partial charge in [-0.1, -0.05) is 30.3 Å². The van der Waals surface area contributed by atoms with Crippen molar-refractivity contribution in [2.24, 2.45) is 0 Å². The maximum Gasteiger partial charge on any atom is 0.225 e. The molecule has 2 aromatic carbocycles. The van der Waals surface area contributed by atoms with E-state index in [0.717, 1.165) is 11.6 Å². The van der Waals surface area contributed by atoms with E-state index in [1.165, 1.54) is 12.1 Å². The molecule has 3 N–H and O–H groups in total. The molecule has 0 unspecified atom stereocenters. The fraction of sp³-hybridized carbons (Fsp3) is 0.158. The average Bonchev–Trinajstić information content (AvgIpc) is 2.65. The third-order valence-electron chi connectivity index (χ3n) is 3.61. The van der Waals surface area contributed by atoms with E-state index in [9.17, 15) is 8.78 Å². The zero-order chi connectivity index (χ0) is 18.4. The summed E-state index contributed by atoms with van der Waals surface area (Å²) in [6, 6.07) is 14.5. The topological polar surface area (TPSA) is 70.1 Å². The first-order valence-electron chi connectivity index (χ1n) is 8.17. The van der Waals surface area contributed by atoms with Gasteiger partial charge in [-0.05, 0) is 18.6 Å². The summed E-state index contributed by atoms with van der Waals surface area (Å²) >= 11 is 0. The van der Waals surface area contributed by atoms with Crippen molar-refractivity contribution in [3.8, 4) is 11.3 Å². The minimum atomic E-state index is -0.709. The van der Waals surface area contributed by atoms with E-state index >= 15 is 0 Å². The number of hydrogen-bond acceptors (Lipinski definition) is 5. The molecule has 0 radical (unpaired) electrons. The van der Waals surface area contributed by atoms with Crippen LogP contribution in [0.1, 0.15) is 6.42 Å². The van der Waals surface area contributed by atoms with Gasteiger partial charge in [0.1, 0.15) is 17.5 Å². The van der Waals surface area contributed by atoms with Gasteiger partial charge in [0.05, 0.1) is 11.4 Å². The quantitative estimate of drug-likeness (QED) is 0.559. The number of nitrogens with one attached hydrogen (secondary N) is 2. The Morgan fingerprint density at radius 3 is 2.50 bits per heavy atom. The number of aliphatic hydroxyl groups is 1. The first kappa shape index (κ1) is 17.8. The summed E-state index contributed by atoms with van der Waals surface area (Å²) in [5.41, 5.74) is 1.64. The molecule has 0 atom stereocenters. The van der Waals surface area contributed by atoms with Gasteiger partial charge in [0.15, 0.2) is 0 Å². The molecule has 7 heteroatoms. The van der Waals surface area contributed by atoms with Crippen LogP contribution in [0, 0.1) is 11.6 Å². The third-order valence-corrected chi connectivity index (χ3v) is 3.61. The van der Waals surface area contributed by atoms with Gasteiger partial charge in [-0.3, -0.25) is 0 Å². The Balaban J connectivity index is 1.93. The van der Waals surface area contributed by atoms with Crippen LogP contribution in [-0.2, 0) is 0 Å². The average molecular weight is 356 g/mol. The molecule has 134 valence electrons. The van der Waals surface area contributed by atoms with Crippen LogP contribution in [0.3, 0.4) is 0 Å². The number of aliphatic hydroxyl groups excluding tert-OH is 1. The van der Waals surface area contributed by atoms with Crippen molar-refractivity contribution in [1.82, 2.24) is 9.97 Å². The first-order chi connectivity index (χ1) is 12.7. The number of rotatable bonds is 7. The number of halogens is 2. The molecule has 0 aliphatic heterocycles. The minimum absolute atomic E-state index is 0.0529. The van der Waals surface area contributed by atoms with Crippen molar-refractivity contribution in [2.45, 2.75) is 6.42 Å². The second-order valence-corrected chi connectivity index (χ2v) is 5.58. The van der Waals surface area contributed by atoms with E-state index in [1.54, 1.807) is 6.07 Å². The molecule has 26 heavy (non-hydrogen) atoms. The highest BCUT2D eigenvalue weighted by molar-refractivity contribution is 5.67. The number of nitrogens with zero attached hydrogens (tertiary/aromatic N) is 2. The molecular formula is C19H18F2N4O. The Kier molecular flexibility index (Phi) is 5.70. The molecule has 0 saturated heterocycles. The minimum Gasteiger partial charge on any atom is -0.396 e. The van der Waals surface area contributed by atoms with E-state index < -0.39 is 11.6 Å². The number of hydrogen-bond donors (Lipinski definition) is 3. The maximum atomic E-state index is 13.9. The van der Waals surface area contributed by atoms with Gasteiger partial charge >= 0.3 is 0 Å². The van der Waals surface area contributed by atoms with E-state index in [0.29, 0.717) is 30.4 Å². The zero-order valence-electron chi connectivity index (χ0n) is 13.9. The highest BCUT2D eigenvalue weighted by Gasteiger charge is 2.09. The Bertz CT molecular complexity index is 875. The van der Waals surface area contributed by atoms with Gasteiger partial charge in [-0.25, -0.2) is 13.8 Å². The summed E-state index contributed by atoms with van der Waals surface area (Å²) in [6.45, 7) is 0.552. The molecule has 1 aromatic heterocycles. The number of aromatic nitrogens is 2. The lowest BCUT2D eigenvalue weighted by atomic mass is 10.1. The number of anilines is 3. The van der Waals surface area contributed by atoms with Gasteiger partial charge in [-0.2, -0.15) is 4.98 Å². The molecule has 0 amide bonds. The van der Waals surface area contributed by atoms with Crippen LogP contribution in [0.2, 0.25) is 0 Å². The molecule has 0 spiro atoms. The fourth-order valence-electron chi connectivity index (χ4n) is 2.36. The normalized spacial score (nSPS) is 10.6. The number of benzene rings is 2. The molecule has 3 rings (SSSR count). The largest absolute Gasteiger partial charge is 0.396 e. The van der Waals surface area contributed by atoms with Crippen LogP contribution in [0.4, 0.5) is 26.2 Å². The standard InChI is InChI=1S/C19H18F2N4O/c20-14-7-8-16(15(21)11-14)23-18-12-17(13-5-2-1-3-6-13)24-19(25-18)22-9-4-10-26/h1-3,5-8,11-12,26H,4,9-10H2,(H2,22,23,24,25). The van der Waals surface area contributed by atoms with E-state index in [-0.39, 0.29) is 12.3 Å². The predicted octanol–water partition coefficient (Wildman–Crippen LogP) is 3.96. The highest BCUT2D eigenvalue weighted by atomic mass is 19.1. The molecule has 1 heterocycles. The SMILES string of the molecule is OCCCNc1nc(Nc2ccc(F)cc2F)cc(-c2ccccc2)n1. The summed E-state index contributed by atoms with van der Waals surface area (Å²) in [7, 11) is 0. The van der Waals surface area contributed by atoms with Crippen molar-refractivity contribution in [2.75, 3.05) is 23.8 Å². The summed E-state index contributed by atoms with van der Waals surface area (Å²) in [6.07, 6.45) is 0.550. The molecule has 0 fully saturated rings. The second-order valence-electron chi connectivity index (χ2n) is 5.58. The second kappa shape index (κ2) is 8.35. The summed E-state index contributed by atoms with van der Waals surface area (Å²) in [4.78, 5) is 8.77. The Morgan fingerprint density at radius 2 is 1.77 bits per heavy atom. The monoisotopic (exact) mass is 356 g/mol. The lowest BCUT2D eigenvalue weighted by molar-refractivity contribution is 0.292. The van der Waals surface area contributed by atoms with E-state index in [2.05, 4.69) is 20.6 Å². The van der Waals surface area contributed by atoms with Crippen LogP contribution in [0.15, 0.2) is 54.6 Å². The Hall–Kier alpha value is -3.06. The summed E-state index contributed by atoms with van der Waals surface area (Å²) in [5, 5.41) is 14.8. The molecule has 0 aliphatic rings. The van der Waals surface area contributed by atoms with Crippen LogP contribution < -0.4 is 10.6 Å². The Labute approximate surface area is 149 Å². The molecule has 3 aromatic rings. The summed E-state index contributed by atoms with van der Waals surface area (Å²) in [5.74, 6) is -0.632. The molecule has 0 aliphatic carbocycles. The maximum absolute atomic E-state index is 13.9. The van der Waals surface area contributed by atoms with Crippen molar-refractivity contribution in [3.63, 3.8) is 0 Å². The van der Waals surface area contributed by atoms with E-state index in [1.807, 2.05) is 30.3 Å². The first-order valence-corrected chi connectivity index (χ1v) is 8.17. The van der Waals surface area contributed by atoms with Crippen molar-refractivity contribution < 1.29 is 13.9 Å². The van der Waals surface area contributed by atoms with Crippen molar-refractivity contribution in [1.29, 1.82) is 0 Å². The van der Waals surface area contributed by atoms with Crippen LogP contribution in [0.25, 0.3) is 11.3 Å². The smallest absolute Gasteiger partial charge is 0.225 e. The van der Waals surface area contributed by atoms with Gasteiger partial charge in [-0.15, -0.1) is 0 Å². The third kappa shape index (κ3) is 4.52. The van der Waals surface area contributed by atoms with Crippen LogP contribution in [-0.4, -0.2) is 28.2 Å². The van der Waals surface area contributed by atoms with Crippen molar-refractivity contribution in [3.05, 3.63) is 66.2 Å². The zero-order valence-corrected chi connectivity index (χ0v) is 13.9. The lowest BCUT2D eigenvalue weighted by Crippen LogP contribution is -2.09. The molecule has 5 nitrogen and oxygen atoms in total. The van der Waals surface area contributed by atoms with Gasteiger partial charge < -0.3 is 15.7 Å². The Morgan fingerprint density at radius 1 is 0.962 bits per heavy atom. The van der Waals surface area contributed by atoms with Crippen LogP contribution in [0.5, 0.6) is 0 Å². The molecule has 0 saturated carbocycles. The lowest BCUT2D eigenvalue weighted by Gasteiger charge is -2.12. The van der Waals surface area contributed by atoms with Crippen LogP contribution >= 0.6 is 0 Å². The highest BCUT2D eigenvalue weighted by Crippen LogP contribution is 2.25. The van der Waals surface area contributed by atoms with E-state index in [4.69, 9.17) is 5.11 Å². The van der Waals surface area contributed by atoms with Gasteiger partial charge in [0.25, 0.3) is 0 Å². The summed E-state index contributed by atoms with van der Waals surface area (Å²) < 4.78 is 27.0. The van der Waals surface area contributed by atoms with Gasteiger partial charge in [0, 0.05) is 30.8 Å². The predicted molar refractivity (Wildman–Crippen MR) is 97.3 cm³/mol. The van der Waals surface area contributed by atoms with Crippen molar-refractivity contribution >= 4 is 17.5 Å². The van der Waals surface area contributed by atoms with Gasteiger partial charge in [0.2, 0.25) is 5.95 Å². The molecule has 0 bridgehead atoms. The fourth-order valence-corrected chi connectivity index (χ4v) is 2.36. The molecular weight excluding hydrogens is 338 g/mol.